The van der Waals surface area contributed by atoms with E-state index in [0.717, 1.165) is 0 Å². The largest absolute Gasteiger partial charge is 0.481 e. The number of hydrogen-bond acceptors (Lipinski definition) is 1. The fourth-order valence-electron chi connectivity index (χ4n) is 1.34. The summed E-state index contributed by atoms with van der Waals surface area (Å²) in [6.45, 7) is 0. The fraction of sp³-hybridized carbons (Fsp3) is 0.857. The molecule has 0 atom stereocenters. The Labute approximate surface area is 67.4 Å². The number of aliphatic carboxylic acids is 1. The van der Waals surface area contributed by atoms with Crippen LogP contribution in [0.1, 0.15) is 25.7 Å². The van der Waals surface area contributed by atoms with Gasteiger partial charge in [0.25, 0.3) is 0 Å². The van der Waals surface area contributed by atoms with E-state index in [4.69, 9.17) is 5.11 Å². The third kappa shape index (κ3) is 2.71. The van der Waals surface area contributed by atoms with Crippen molar-refractivity contribution in [3.63, 3.8) is 0 Å². The second-order valence-electron chi connectivity index (χ2n) is 3.36. The van der Waals surface area contributed by atoms with Crippen LogP contribution in [0.4, 0.5) is 13.2 Å². The van der Waals surface area contributed by atoms with E-state index < -0.39 is 24.0 Å². The third-order valence-corrected chi connectivity index (χ3v) is 2.06. The lowest BCUT2D eigenvalue weighted by Gasteiger charge is -2.14. The van der Waals surface area contributed by atoms with Crippen molar-refractivity contribution in [2.24, 2.45) is 5.41 Å². The lowest BCUT2D eigenvalue weighted by molar-refractivity contribution is -0.153. The molecule has 12 heavy (non-hydrogen) atoms. The minimum atomic E-state index is -4.23. The number of hydrogen-bond donors (Lipinski definition) is 1. The van der Waals surface area contributed by atoms with Gasteiger partial charge in [0.2, 0.25) is 0 Å². The Morgan fingerprint density at radius 2 is 1.92 bits per heavy atom. The molecule has 0 unspecified atom stereocenters. The lowest BCUT2D eigenvalue weighted by Crippen LogP contribution is -2.18. The highest BCUT2D eigenvalue weighted by atomic mass is 19.4. The first-order valence-corrected chi connectivity index (χ1v) is 3.62. The summed E-state index contributed by atoms with van der Waals surface area (Å²) in [7, 11) is 0. The molecule has 1 aliphatic carbocycles. The average molecular weight is 182 g/mol. The highest BCUT2D eigenvalue weighted by molar-refractivity contribution is 5.68. The van der Waals surface area contributed by atoms with Crippen LogP contribution in [0.15, 0.2) is 0 Å². The van der Waals surface area contributed by atoms with Crippen molar-refractivity contribution in [1.29, 1.82) is 0 Å². The zero-order valence-electron chi connectivity index (χ0n) is 6.32. The van der Waals surface area contributed by atoms with Gasteiger partial charge >= 0.3 is 12.1 Å². The second kappa shape index (κ2) is 2.64. The molecule has 0 radical (unpaired) electrons. The number of halogens is 3. The smallest absolute Gasteiger partial charge is 0.389 e. The highest BCUT2D eigenvalue weighted by Gasteiger charge is 2.51. The predicted octanol–water partition coefficient (Wildman–Crippen LogP) is 2.19. The molecule has 0 aromatic rings. The van der Waals surface area contributed by atoms with Crippen LogP contribution in [0.5, 0.6) is 0 Å². The highest BCUT2D eigenvalue weighted by Crippen LogP contribution is 2.55. The summed E-state index contributed by atoms with van der Waals surface area (Å²) in [5.74, 6) is -1.14. The molecule has 0 aliphatic heterocycles. The zero-order valence-corrected chi connectivity index (χ0v) is 6.32. The molecule has 5 heteroatoms. The molecule has 70 valence electrons. The minimum Gasteiger partial charge on any atom is -0.481 e. The summed E-state index contributed by atoms with van der Waals surface area (Å²) in [5, 5.41) is 8.32. The first-order chi connectivity index (χ1) is 5.33. The average Bonchev–Trinajstić information content (AvgIpc) is 2.40. The van der Waals surface area contributed by atoms with Crippen molar-refractivity contribution in [1.82, 2.24) is 0 Å². The monoisotopic (exact) mass is 182 g/mol. The molecule has 0 heterocycles. The van der Waals surface area contributed by atoms with Gasteiger partial charge in [-0.1, -0.05) is 0 Å². The van der Waals surface area contributed by atoms with E-state index in [2.05, 4.69) is 0 Å². The summed E-state index contributed by atoms with van der Waals surface area (Å²) in [6, 6.07) is 0. The molecule has 0 saturated heterocycles. The van der Waals surface area contributed by atoms with E-state index >= 15 is 0 Å². The molecule has 0 spiro atoms. The summed E-state index contributed by atoms with van der Waals surface area (Å²) < 4.78 is 35.5. The zero-order chi connectivity index (χ0) is 9.41. The van der Waals surface area contributed by atoms with E-state index in [1.807, 2.05) is 0 Å². The number of carboxylic acid groups (broad SMARTS) is 1. The van der Waals surface area contributed by atoms with E-state index in [1.54, 1.807) is 0 Å². The van der Waals surface area contributed by atoms with Crippen molar-refractivity contribution >= 4 is 5.97 Å². The Morgan fingerprint density at radius 3 is 2.17 bits per heavy atom. The molecule has 2 nitrogen and oxygen atoms in total. The van der Waals surface area contributed by atoms with E-state index in [1.165, 1.54) is 0 Å². The van der Waals surface area contributed by atoms with Crippen LogP contribution in [0, 0.1) is 5.41 Å². The van der Waals surface area contributed by atoms with Gasteiger partial charge in [0.1, 0.15) is 0 Å². The summed E-state index contributed by atoms with van der Waals surface area (Å²) in [4.78, 5) is 10.2. The molecule has 1 saturated carbocycles. The lowest BCUT2D eigenvalue weighted by atomic mass is 9.98. The molecule has 0 amide bonds. The molecule has 1 fully saturated rings. The third-order valence-electron chi connectivity index (χ3n) is 2.06. The molecule has 0 aromatic carbocycles. The maximum Gasteiger partial charge on any atom is 0.389 e. The van der Waals surface area contributed by atoms with Crippen LogP contribution < -0.4 is 0 Å². The van der Waals surface area contributed by atoms with Gasteiger partial charge in [-0.3, -0.25) is 4.79 Å². The Bertz CT molecular complexity index is 193. The van der Waals surface area contributed by atoms with Crippen molar-refractivity contribution in [2.75, 3.05) is 0 Å². The molecular formula is C7H9F3O2. The Balaban J connectivity index is 2.45. The van der Waals surface area contributed by atoms with Gasteiger partial charge in [0.05, 0.1) is 6.42 Å². The van der Waals surface area contributed by atoms with Crippen LogP contribution in [-0.4, -0.2) is 17.3 Å². The van der Waals surface area contributed by atoms with Crippen LogP contribution in [0.3, 0.4) is 0 Å². The van der Waals surface area contributed by atoms with Gasteiger partial charge in [-0.2, -0.15) is 13.2 Å². The number of rotatable bonds is 3. The predicted molar refractivity (Wildman–Crippen MR) is 34.6 cm³/mol. The fourth-order valence-corrected chi connectivity index (χ4v) is 1.34. The number of carbonyl (C=O) groups is 1. The van der Waals surface area contributed by atoms with Gasteiger partial charge in [-0.15, -0.1) is 0 Å². The van der Waals surface area contributed by atoms with Crippen molar-refractivity contribution < 1.29 is 23.1 Å². The maximum atomic E-state index is 11.8. The summed E-state index contributed by atoms with van der Waals surface area (Å²) in [6.07, 6.45) is -4.76. The van der Waals surface area contributed by atoms with Crippen LogP contribution >= 0.6 is 0 Å². The maximum absolute atomic E-state index is 11.8. The Hall–Kier alpha value is -0.740. The first kappa shape index (κ1) is 9.35. The number of carboxylic acids is 1. The van der Waals surface area contributed by atoms with E-state index in [-0.39, 0.29) is 6.42 Å². The normalized spacial score (nSPS) is 20.6. The Kier molecular flexibility index (Phi) is 2.06. The first-order valence-electron chi connectivity index (χ1n) is 3.62. The quantitative estimate of drug-likeness (QED) is 0.726. The van der Waals surface area contributed by atoms with Gasteiger partial charge in [0, 0.05) is 6.42 Å². The van der Waals surface area contributed by atoms with Crippen LogP contribution in [0.25, 0.3) is 0 Å². The molecule has 0 aromatic heterocycles. The Morgan fingerprint density at radius 1 is 1.42 bits per heavy atom. The SMILES string of the molecule is O=C(O)CC1(CC(F)(F)F)CC1. The van der Waals surface area contributed by atoms with Crippen molar-refractivity contribution in [3.05, 3.63) is 0 Å². The van der Waals surface area contributed by atoms with Crippen LogP contribution in [0.2, 0.25) is 0 Å². The number of alkyl halides is 3. The van der Waals surface area contributed by atoms with Gasteiger partial charge in [0.15, 0.2) is 0 Å². The van der Waals surface area contributed by atoms with Gasteiger partial charge < -0.3 is 5.11 Å². The van der Waals surface area contributed by atoms with Crippen molar-refractivity contribution in [2.45, 2.75) is 31.9 Å². The molecule has 1 N–H and O–H groups in total. The molecule has 0 bridgehead atoms. The minimum absolute atomic E-state index is 0.355. The summed E-state index contributed by atoms with van der Waals surface area (Å²) >= 11 is 0. The molecule has 1 rings (SSSR count). The standard InChI is InChI=1S/C7H9F3O2/c8-7(9,10)4-6(1-2-6)3-5(11)12/h1-4H2,(H,11,12). The van der Waals surface area contributed by atoms with Gasteiger partial charge in [-0.25, -0.2) is 0 Å². The van der Waals surface area contributed by atoms with Crippen molar-refractivity contribution in [3.8, 4) is 0 Å². The van der Waals surface area contributed by atoms with E-state index in [9.17, 15) is 18.0 Å². The molecule has 1 aliphatic rings. The topological polar surface area (TPSA) is 37.3 Å². The van der Waals surface area contributed by atoms with Gasteiger partial charge in [-0.05, 0) is 18.3 Å². The van der Waals surface area contributed by atoms with E-state index in [0.29, 0.717) is 12.8 Å². The summed E-state index contributed by atoms with van der Waals surface area (Å²) in [5.41, 5.74) is -0.968. The van der Waals surface area contributed by atoms with Crippen LogP contribution in [-0.2, 0) is 4.79 Å². The second-order valence-corrected chi connectivity index (χ2v) is 3.36. The molecular weight excluding hydrogens is 173 g/mol.